The smallest absolute Gasteiger partial charge is 0.129 e. The lowest BCUT2D eigenvalue weighted by Crippen LogP contribution is -2.01. The molecule has 0 unspecified atom stereocenters. The van der Waals surface area contributed by atoms with E-state index in [0.29, 0.717) is 19.0 Å². The molecule has 2 N–H and O–H groups in total. The van der Waals surface area contributed by atoms with Gasteiger partial charge in [-0.3, -0.25) is 0 Å². The van der Waals surface area contributed by atoms with Crippen molar-refractivity contribution in [3.8, 4) is 0 Å². The van der Waals surface area contributed by atoms with Gasteiger partial charge in [0.1, 0.15) is 5.82 Å². The molecule has 3 rings (SSSR count). The van der Waals surface area contributed by atoms with Gasteiger partial charge in [0.25, 0.3) is 0 Å². The van der Waals surface area contributed by atoms with E-state index >= 15 is 0 Å². The molecule has 0 amide bonds. The Morgan fingerprint density at radius 3 is 2.71 bits per heavy atom. The molecule has 0 saturated carbocycles. The second-order valence-corrected chi connectivity index (χ2v) is 5.76. The number of nitrogens with two attached hydrogens (primary N) is 1. The minimum atomic E-state index is 0.455. The highest BCUT2D eigenvalue weighted by Crippen LogP contribution is 2.19. The van der Waals surface area contributed by atoms with Crippen LogP contribution in [0.4, 0.5) is 5.82 Å². The molecule has 1 heterocycles. The van der Waals surface area contributed by atoms with Crippen LogP contribution in [0.25, 0.3) is 10.9 Å². The van der Waals surface area contributed by atoms with Gasteiger partial charge in [-0.2, -0.15) is 0 Å². The van der Waals surface area contributed by atoms with Crippen LogP contribution >= 0.6 is 15.9 Å². The van der Waals surface area contributed by atoms with Crippen LogP contribution in [0, 0.1) is 0 Å². The standard InChI is InChI=1S/C17H15BrN2O/c18-15-6-3-4-12(8-15)10-21-11-14-9-13-5-1-2-7-16(13)20-17(14)19/h1-9H,10-11H2,(H2,19,20). The Labute approximate surface area is 131 Å². The van der Waals surface area contributed by atoms with E-state index in [2.05, 4.69) is 20.9 Å². The van der Waals surface area contributed by atoms with Crippen LogP contribution < -0.4 is 5.73 Å². The number of aromatic nitrogens is 1. The van der Waals surface area contributed by atoms with Crippen molar-refractivity contribution in [1.29, 1.82) is 0 Å². The maximum Gasteiger partial charge on any atom is 0.129 e. The summed E-state index contributed by atoms with van der Waals surface area (Å²) >= 11 is 3.45. The first-order valence-electron chi connectivity index (χ1n) is 6.69. The van der Waals surface area contributed by atoms with Gasteiger partial charge in [0.2, 0.25) is 0 Å². The Bertz CT molecular complexity index is 774. The van der Waals surface area contributed by atoms with Crippen molar-refractivity contribution >= 4 is 32.7 Å². The first kappa shape index (κ1) is 14.0. The average molecular weight is 343 g/mol. The highest BCUT2D eigenvalue weighted by atomic mass is 79.9. The molecular weight excluding hydrogens is 328 g/mol. The van der Waals surface area contributed by atoms with Crippen LogP contribution in [0.1, 0.15) is 11.1 Å². The summed E-state index contributed by atoms with van der Waals surface area (Å²) in [7, 11) is 0. The number of ether oxygens (including phenoxy) is 1. The van der Waals surface area contributed by atoms with Crippen molar-refractivity contribution in [3.63, 3.8) is 0 Å². The molecule has 0 fully saturated rings. The van der Waals surface area contributed by atoms with Gasteiger partial charge in [-0.25, -0.2) is 4.98 Å². The van der Waals surface area contributed by atoms with Crippen molar-refractivity contribution in [2.24, 2.45) is 0 Å². The lowest BCUT2D eigenvalue weighted by molar-refractivity contribution is 0.107. The number of fused-ring (bicyclic) bond motifs is 1. The van der Waals surface area contributed by atoms with Gasteiger partial charge in [0.15, 0.2) is 0 Å². The number of benzene rings is 2. The first-order chi connectivity index (χ1) is 10.2. The van der Waals surface area contributed by atoms with Gasteiger partial charge in [-0.1, -0.05) is 46.3 Å². The molecule has 2 aromatic carbocycles. The number of nitrogens with zero attached hydrogens (tertiary/aromatic N) is 1. The van der Waals surface area contributed by atoms with Crippen LogP contribution in [0.3, 0.4) is 0 Å². The van der Waals surface area contributed by atoms with Crippen LogP contribution in [0.5, 0.6) is 0 Å². The van der Waals surface area contributed by atoms with Crippen molar-refractivity contribution in [1.82, 2.24) is 4.98 Å². The highest BCUT2D eigenvalue weighted by Gasteiger charge is 2.04. The van der Waals surface area contributed by atoms with Gasteiger partial charge in [-0.05, 0) is 29.8 Å². The second kappa shape index (κ2) is 6.24. The lowest BCUT2D eigenvalue weighted by Gasteiger charge is -2.08. The third-order valence-corrected chi connectivity index (χ3v) is 3.74. The van der Waals surface area contributed by atoms with E-state index in [1.165, 1.54) is 0 Å². The largest absolute Gasteiger partial charge is 0.383 e. The number of pyridine rings is 1. The Hall–Kier alpha value is -1.91. The monoisotopic (exact) mass is 342 g/mol. The number of hydrogen-bond donors (Lipinski definition) is 1. The summed E-state index contributed by atoms with van der Waals surface area (Å²) in [5, 5.41) is 1.08. The fourth-order valence-corrected chi connectivity index (χ4v) is 2.64. The maximum absolute atomic E-state index is 5.99. The van der Waals surface area contributed by atoms with E-state index < -0.39 is 0 Å². The summed E-state index contributed by atoms with van der Waals surface area (Å²) in [6.45, 7) is 1.00. The number of rotatable bonds is 4. The van der Waals surface area contributed by atoms with Crippen LogP contribution in [-0.4, -0.2) is 4.98 Å². The third-order valence-electron chi connectivity index (χ3n) is 3.25. The summed E-state index contributed by atoms with van der Waals surface area (Å²) in [5.41, 5.74) is 8.94. The van der Waals surface area contributed by atoms with Crippen LogP contribution in [0.2, 0.25) is 0 Å². The molecule has 0 aliphatic carbocycles. The number of hydrogen-bond acceptors (Lipinski definition) is 3. The molecule has 0 atom stereocenters. The van der Waals surface area contributed by atoms with Crippen molar-refractivity contribution in [3.05, 3.63) is 70.2 Å². The summed E-state index contributed by atoms with van der Waals surface area (Å²) in [5.74, 6) is 0.531. The molecule has 3 nitrogen and oxygen atoms in total. The number of anilines is 1. The molecular formula is C17H15BrN2O. The predicted molar refractivity (Wildman–Crippen MR) is 88.8 cm³/mol. The van der Waals surface area contributed by atoms with E-state index in [9.17, 15) is 0 Å². The van der Waals surface area contributed by atoms with Gasteiger partial charge >= 0.3 is 0 Å². The fourth-order valence-electron chi connectivity index (χ4n) is 2.20. The van der Waals surface area contributed by atoms with Gasteiger partial charge in [0.05, 0.1) is 18.7 Å². The van der Waals surface area contributed by atoms with E-state index in [-0.39, 0.29) is 0 Å². The molecule has 0 aliphatic heterocycles. The van der Waals surface area contributed by atoms with E-state index in [4.69, 9.17) is 10.5 Å². The van der Waals surface area contributed by atoms with Gasteiger partial charge < -0.3 is 10.5 Å². The predicted octanol–water partition coefficient (Wildman–Crippen LogP) is 4.30. The normalized spacial score (nSPS) is 10.9. The summed E-state index contributed by atoms with van der Waals surface area (Å²) in [6.07, 6.45) is 0. The van der Waals surface area contributed by atoms with E-state index in [0.717, 1.165) is 26.5 Å². The maximum atomic E-state index is 5.99. The van der Waals surface area contributed by atoms with Crippen molar-refractivity contribution in [2.45, 2.75) is 13.2 Å². The average Bonchev–Trinajstić information content (AvgIpc) is 2.48. The number of halogens is 1. The van der Waals surface area contributed by atoms with Gasteiger partial charge in [0, 0.05) is 15.4 Å². The summed E-state index contributed by atoms with van der Waals surface area (Å²) < 4.78 is 6.80. The van der Waals surface area contributed by atoms with Crippen LogP contribution in [-0.2, 0) is 18.0 Å². The summed E-state index contributed by atoms with van der Waals surface area (Å²) in [6, 6.07) is 18.0. The minimum Gasteiger partial charge on any atom is -0.383 e. The van der Waals surface area contributed by atoms with Crippen molar-refractivity contribution < 1.29 is 4.74 Å². The molecule has 0 bridgehead atoms. The quantitative estimate of drug-likeness (QED) is 0.768. The molecule has 3 aromatic rings. The molecule has 0 spiro atoms. The van der Waals surface area contributed by atoms with E-state index in [1.54, 1.807) is 0 Å². The fraction of sp³-hybridized carbons (Fsp3) is 0.118. The molecule has 1 aromatic heterocycles. The van der Waals surface area contributed by atoms with Crippen molar-refractivity contribution in [2.75, 3.05) is 5.73 Å². The van der Waals surface area contributed by atoms with Crippen LogP contribution in [0.15, 0.2) is 59.1 Å². The molecule has 0 saturated heterocycles. The zero-order valence-corrected chi connectivity index (χ0v) is 13.0. The molecule has 106 valence electrons. The zero-order valence-electron chi connectivity index (χ0n) is 11.4. The minimum absolute atomic E-state index is 0.455. The first-order valence-corrected chi connectivity index (χ1v) is 7.48. The Balaban J connectivity index is 1.71. The molecule has 4 heteroatoms. The Kier molecular flexibility index (Phi) is 4.18. The Morgan fingerprint density at radius 2 is 1.86 bits per heavy atom. The number of para-hydroxylation sites is 1. The molecule has 0 radical (unpaired) electrons. The molecule has 21 heavy (non-hydrogen) atoms. The summed E-state index contributed by atoms with van der Waals surface area (Å²) in [4.78, 5) is 4.41. The topological polar surface area (TPSA) is 48.1 Å². The zero-order chi connectivity index (χ0) is 14.7. The second-order valence-electron chi connectivity index (χ2n) is 4.85. The number of nitrogen functional groups attached to an aromatic ring is 1. The SMILES string of the molecule is Nc1nc2ccccc2cc1COCc1cccc(Br)c1. The van der Waals surface area contributed by atoms with Gasteiger partial charge in [-0.15, -0.1) is 0 Å². The highest BCUT2D eigenvalue weighted by molar-refractivity contribution is 9.10. The Morgan fingerprint density at radius 1 is 1.00 bits per heavy atom. The molecule has 0 aliphatic rings. The lowest BCUT2D eigenvalue weighted by atomic mass is 10.1. The van der Waals surface area contributed by atoms with E-state index in [1.807, 2.05) is 54.6 Å². The third kappa shape index (κ3) is 3.40.